The van der Waals surface area contributed by atoms with E-state index in [2.05, 4.69) is 27.1 Å². The molecule has 8 heteroatoms. The van der Waals surface area contributed by atoms with Crippen LogP contribution in [-0.2, 0) is 0 Å². The van der Waals surface area contributed by atoms with Gasteiger partial charge in [-0.3, -0.25) is 9.69 Å². The summed E-state index contributed by atoms with van der Waals surface area (Å²) in [6.45, 7) is 1.98. The second-order valence-corrected chi connectivity index (χ2v) is 8.53. The molecule has 2 aromatic carbocycles. The van der Waals surface area contributed by atoms with Gasteiger partial charge in [-0.2, -0.15) is 0 Å². The van der Waals surface area contributed by atoms with Gasteiger partial charge in [0.25, 0.3) is 5.91 Å². The highest BCUT2D eigenvalue weighted by atomic mass is 19.1. The first-order valence-corrected chi connectivity index (χ1v) is 11.4. The van der Waals surface area contributed by atoms with Gasteiger partial charge in [0, 0.05) is 34.6 Å². The molecule has 0 radical (unpaired) electrons. The number of alkyl halides is 1. The quantitative estimate of drug-likeness (QED) is 0.335. The number of carbonyl (C=O) groups excluding carboxylic acids is 1. The summed E-state index contributed by atoms with van der Waals surface area (Å²) < 4.78 is 26.6. The van der Waals surface area contributed by atoms with Crippen molar-refractivity contribution in [3.8, 4) is 17.6 Å². The van der Waals surface area contributed by atoms with E-state index in [9.17, 15) is 18.7 Å². The van der Waals surface area contributed by atoms with E-state index in [0.717, 1.165) is 17.0 Å². The van der Waals surface area contributed by atoms with Crippen molar-refractivity contribution in [3.63, 3.8) is 0 Å². The number of carbonyl (C=O) groups is 1. The number of para-hydroxylation sites is 1. The zero-order valence-electron chi connectivity index (χ0n) is 20.0. The molecule has 1 unspecified atom stereocenters. The molecule has 1 atom stereocenters. The van der Waals surface area contributed by atoms with E-state index in [1.165, 1.54) is 12.1 Å². The fourth-order valence-corrected chi connectivity index (χ4v) is 3.89. The molecule has 36 heavy (non-hydrogen) atoms. The predicted molar refractivity (Wildman–Crippen MR) is 135 cm³/mol. The molecule has 0 saturated heterocycles. The fourth-order valence-electron chi connectivity index (χ4n) is 3.89. The Balaban J connectivity index is 1.66. The lowest BCUT2D eigenvalue weighted by atomic mass is 10.0. The van der Waals surface area contributed by atoms with E-state index in [4.69, 9.17) is 0 Å². The minimum atomic E-state index is -0.869. The summed E-state index contributed by atoms with van der Waals surface area (Å²) in [5.41, 5.74) is 2.95. The van der Waals surface area contributed by atoms with Crippen LogP contribution in [0.15, 0.2) is 60.7 Å². The van der Waals surface area contributed by atoms with Crippen LogP contribution in [0.2, 0.25) is 0 Å². The van der Waals surface area contributed by atoms with E-state index in [1.807, 2.05) is 30.3 Å². The second-order valence-electron chi connectivity index (χ2n) is 8.53. The molecule has 0 aliphatic carbocycles. The van der Waals surface area contributed by atoms with Crippen LogP contribution in [0, 0.1) is 24.6 Å². The lowest BCUT2D eigenvalue weighted by Crippen LogP contribution is -2.30. The van der Waals surface area contributed by atoms with Gasteiger partial charge in [0.2, 0.25) is 0 Å². The number of rotatable bonds is 7. The van der Waals surface area contributed by atoms with Crippen molar-refractivity contribution in [1.29, 1.82) is 0 Å². The Kier molecular flexibility index (Phi) is 7.62. The SMILES string of the molecule is Cc1cc(C#CCN(C)CCF)cc(C(=O)NC(c2cc3ccccc3[nH]2)c2cc(F)ccc2O)n1. The number of phenols is 1. The van der Waals surface area contributed by atoms with Crippen molar-refractivity contribution in [2.45, 2.75) is 13.0 Å². The van der Waals surface area contributed by atoms with E-state index in [1.54, 1.807) is 31.0 Å². The molecule has 0 fully saturated rings. The van der Waals surface area contributed by atoms with Crippen molar-refractivity contribution >= 4 is 16.8 Å². The van der Waals surface area contributed by atoms with Gasteiger partial charge in [0.1, 0.15) is 23.9 Å². The van der Waals surface area contributed by atoms with Crippen LogP contribution in [-0.4, -0.2) is 52.7 Å². The van der Waals surface area contributed by atoms with Gasteiger partial charge >= 0.3 is 0 Å². The van der Waals surface area contributed by atoms with Crippen molar-refractivity contribution in [2.75, 3.05) is 26.8 Å². The number of benzene rings is 2. The number of nitrogens with zero attached hydrogens (tertiary/aromatic N) is 2. The number of aromatic hydroxyl groups is 1. The van der Waals surface area contributed by atoms with Crippen LogP contribution in [0.25, 0.3) is 10.9 Å². The number of fused-ring (bicyclic) bond motifs is 1. The Hall–Kier alpha value is -4.22. The topological polar surface area (TPSA) is 81.2 Å². The zero-order chi connectivity index (χ0) is 25.7. The van der Waals surface area contributed by atoms with Crippen LogP contribution in [0.5, 0.6) is 5.75 Å². The molecule has 2 heterocycles. The molecule has 3 N–H and O–H groups in total. The third-order valence-corrected chi connectivity index (χ3v) is 5.67. The number of H-pyrrole nitrogens is 1. The first-order valence-electron chi connectivity index (χ1n) is 11.4. The van der Waals surface area contributed by atoms with E-state index < -0.39 is 24.4 Å². The summed E-state index contributed by atoms with van der Waals surface area (Å²) in [6.07, 6.45) is 0. The van der Waals surface area contributed by atoms with Crippen LogP contribution < -0.4 is 5.32 Å². The lowest BCUT2D eigenvalue weighted by Gasteiger charge is -2.19. The normalized spacial score (nSPS) is 11.8. The highest BCUT2D eigenvalue weighted by Crippen LogP contribution is 2.31. The zero-order valence-corrected chi connectivity index (χ0v) is 20.0. The molecular weight excluding hydrogens is 462 g/mol. The maximum atomic E-state index is 14.1. The molecule has 0 spiro atoms. The standard InChI is InChI=1S/C28H26F2N4O2/c1-18-14-19(6-5-12-34(2)13-11-29)15-25(31-18)28(36)33-27(22-17-21(30)9-10-26(22)35)24-16-20-7-3-4-8-23(20)32-24/h3-4,7-10,14-17,27,32,35H,11-13H2,1-2H3,(H,33,36). The fraction of sp³-hybridized carbons (Fsp3) is 0.214. The molecule has 0 bridgehead atoms. The summed E-state index contributed by atoms with van der Waals surface area (Å²) >= 11 is 0. The Morgan fingerprint density at radius 3 is 2.78 bits per heavy atom. The minimum absolute atomic E-state index is 0.133. The minimum Gasteiger partial charge on any atom is -0.508 e. The predicted octanol–water partition coefficient (Wildman–Crippen LogP) is 4.49. The van der Waals surface area contributed by atoms with Crippen molar-refractivity contribution in [2.24, 2.45) is 0 Å². The van der Waals surface area contributed by atoms with Gasteiger partial charge in [-0.15, -0.1) is 0 Å². The highest BCUT2D eigenvalue weighted by molar-refractivity contribution is 5.93. The Morgan fingerprint density at radius 2 is 2.00 bits per heavy atom. The van der Waals surface area contributed by atoms with Gasteiger partial charge in [0.05, 0.1) is 12.6 Å². The maximum absolute atomic E-state index is 14.1. The number of hydrogen-bond acceptors (Lipinski definition) is 4. The molecule has 4 rings (SSSR count). The summed E-state index contributed by atoms with van der Waals surface area (Å²) in [4.78, 5) is 22.7. The number of amides is 1. The Labute approximate surface area is 208 Å². The molecule has 6 nitrogen and oxygen atoms in total. The summed E-state index contributed by atoms with van der Waals surface area (Å²) in [6, 6.07) is 15.5. The van der Waals surface area contributed by atoms with E-state index >= 15 is 0 Å². The summed E-state index contributed by atoms with van der Waals surface area (Å²) in [5, 5.41) is 14.3. The Bertz CT molecular complexity index is 1420. The number of nitrogens with one attached hydrogen (secondary N) is 2. The van der Waals surface area contributed by atoms with Crippen LogP contribution in [0.4, 0.5) is 8.78 Å². The molecule has 0 aliphatic heterocycles. The molecular formula is C28H26F2N4O2. The average molecular weight is 489 g/mol. The summed E-state index contributed by atoms with van der Waals surface area (Å²) in [7, 11) is 1.77. The molecule has 0 aliphatic rings. The second kappa shape index (κ2) is 11.0. The monoisotopic (exact) mass is 488 g/mol. The van der Waals surface area contributed by atoms with Gasteiger partial charge in [-0.05, 0) is 61.8 Å². The molecule has 4 aromatic rings. The molecule has 0 saturated carbocycles. The van der Waals surface area contributed by atoms with Crippen LogP contribution in [0.1, 0.15) is 39.0 Å². The van der Waals surface area contributed by atoms with Crippen LogP contribution >= 0.6 is 0 Å². The van der Waals surface area contributed by atoms with Crippen LogP contribution in [0.3, 0.4) is 0 Å². The van der Waals surface area contributed by atoms with Crippen molar-refractivity contribution in [1.82, 2.24) is 20.2 Å². The van der Waals surface area contributed by atoms with Gasteiger partial charge in [0.15, 0.2) is 0 Å². The van der Waals surface area contributed by atoms with Crippen molar-refractivity contribution in [3.05, 3.63) is 94.7 Å². The van der Waals surface area contributed by atoms with E-state index in [-0.39, 0.29) is 17.0 Å². The molecule has 184 valence electrons. The van der Waals surface area contributed by atoms with Gasteiger partial charge in [-0.1, -0.05) is 30.0 Å². The summed E-state index contributed by atoms with van der Waals surface area (Å²) in [5.74, 6) is 4.76. The third kappa shape index (κ3) is 5.88. The smallest absolute Gasteiger partial charge is 0.270 e. The molecule has 2 aromatic heterocycles. The number of phenolic OH excluding ortho intramolecular Hbond substituents is 1. The number of aryl methyl sites for hydroxylation is 1. The largest absolute Gasteiger partial charge is 0.508 e. The number of pyridine rings is 1. The number of aromatic nitrogens is 2. The average Bonchev–Trinajstić information content (AvgIpc) is 3.28. The third-order valence-electron chi connectivity index (χ3n) is 5.67. The maximum Gasteiger partial charge on any atom is 0.270 e. The number of hydrogen-bond donors (Lipinski definition) is 3. The van der Waals surface area contributed by atoms with E-state index in [0.29, 0.717) is 30.0 Å². The van der Waals surface area contributed by atoms with Gasteiger partial charge < -0.3 is 15.4 Å². The lowest BCUT2D eigenvalue weighted by molar-refractivity contribution is 0.0936. The first kappa shape index (κ1) is 24.9. The highest BCUT2D eigenvalue weighted by Gasteiger charge is 2.24. The number of halogens is 2. The Morgan fingerprint density at radius 1 is 1.19 bits per heavy atom. The first-order chi connectivity index (χ1) is 17.3. The molecule has 1 amide bonds. The number of aromatic amines is 1. The van der Waals surface area contributed by atoms with Crippen molar-refractivity contribution < 1.29 is 18.7 Å². The van der Waals surface area contributed by atoms with Gasteiger partial charge in [-0.25, -0.2) is 13.8 Å².